The molecule has 118 valence electrons. The molecule has 3 N–H and O–H groups in total. The normalized spacial score (nSPS) is 12.5. The zero-order valence-electron chi connectivity index (χ0n) is 13.1. The van der Waals surface area contributed by atoms with Gasteiger partial charge in [0, 0.05) is 18.0 Å². The lowest BCUT2D eigenvalue weighted by molar-refractivity contribution is -0.134. The number of aliphatic hydroxyl groups is 1. The van der Waals surface area contributed by atoms with Crippen molar-refractivity contribution >= 4 is 17.7 Å². The Kier molecular flexibility index (Phi) is 7.78. The molecular formula is C16H26N2O2S. The van der Waals surface area contributed by atoms with Crippen molar-refractivity contribution in [2.45, 2.75) is 37.8 Å². The first-order valence-corrected chi connectivity index (χ1v) is 8.48. The van der Waals surface area contributed by atoms with Crippen LogP contribution in [0, 0.1) is 5.92 Å². The number of benzene rings is 1. The van der Waals surface area contributed by atoms with Crippen LogP contribution in [0.25, 0.3) is 0 Å². The second-order valence-electron chi connectivity index (χ2n) is 5.57. The molecule has 0 aliphatic heterocycles. The Morgan fingerprint density at radius 3 is 2.43 bits per heavy atom. The van der Waals surface area contributed by atoms with E-state index in [4.69, 9.17) is 5.73 Å². The monoisotopic (exact) mass is 310 g/mol. The van der Waals surface area contributed by atoms with Gasteiger partial charge in [-0.05, 0) is 36.3 Å². The Labute approximate surface area is 131 Å². The minimum absolute atomic E-state index is 0.0525. The molecule has 1 atom stereocenters. The predicted octanol–water partition coefficient (Wildman–Crippen LogP) is 2.10. The van der Waals surface area contributed by atoms with Crippen molar-refractivity contribution in [2.24, 2.45) is 11.7 Å². The molecule has 4 nitrogen and oxygen atoms in total. The zero-order valence-corrected chi connectivity index (χ0v) is 13.9. The summed E-state index contributed by atoms with van der Waals surface area (Å²) in [7, 11) is 0. The average Bonchev–Trinajstić information content (AvgIpc) is 2.46. The fourth-order valence-corrected chi connectivity index (χ4v) is 2.59. The SMILES string of the molecule is CSc1ccc(CN(CCO)C(=O)[C@@H](N)CC(C)C)cc1. The maximum absolute atomic E-state index is 12.4. The molecule has 0 aromatic heterocycles. The first kappa shape index (κ1) is 18.0. The Bertz CT molecular complexity index is 434. The summed E-state index contributed by atoms with van der Waals surface area (Å²) in [6.45, 7) is 4.84. The van der Waals surface area contributed by atoms with Crippen LogP contribution in [0.2, 0.25) is 0 Å². The molecule has 1 rings (SSSR count). The van der Waals surface area contributed by atoms with E-state index in [1.54, 1.807) is 16.7 Å². The van der Waals surface area contributed by atoms with Gasteiger partial charge in [0.15, 0.2) is 0 Å². The number of aliphatic hydroxyl groups excluding tert-OH is 1. The first-order chi connectivity index (χ1) is 9.97. The van der Waals surface area contributed by atoms with Gasteiger partial charge in [0.1, 0.15) is 0 Å². The largest absolute Gasteiger partial charge is 0.395 e. The number of nitrogens with two attached hydrogens (primary N) is 1. The number of hydrogen-bond donors (Lipinski definition) is 2. The van der Waals surface area contributed by atoms with Crippen molar-refractivity contribution in [3.63, 3.8) is 0 Å². The highest BCUT2D eigenvalue weighted by Crippen LogP contribution is 2.16. The van der Waals surface area contributed by atoms with Crippen molar-refractivity contribution < 1.29 is 9.90 Å². The standard InChI is InChI=1S/C16H26N2O2S/c1-12(2)10-15(17)16(20)18(8-9-19)11-13-4-6-14(21-3)7-5-13/h4-7,12,15,19H,8-11,17H2,1-3H3/t15-/m0/s1. The lowest BCUT2D eigenvalue weighted by Gasteiger charge is -2.26. The van der Waals surface area contributed by atoms with Gasteiger partial charge in [0.25, 0.3) is 0 Å². The van der Waals surface area contributed by atoms with Crippen molar-refractivity contribution in [2.75, 3.05) is 19.4 Å². The number of carbonyl (C=O) groups is 1. The lowest BCUT2D eigenvalue weighted by atomic mass is 10.0. The average molecular weight is 310 g/mol. The highest BCUT2D eigenvalue weighted by atomic mass is 32.2. The van der Waals surface area contributed by atoms with Crippen LogP contribution in [0.15, 0.2) is 29.2 Å². The van der Waals surface area contributed by atoms with Crippen molar-refractivity contribution in [3.05, 3.63) is 29.8 Å². The number of carbonyl (C=O) groups excluding carboxylic acids is 1. The molecule has 0 spiro atoms. The Hall–Kier alpha value is -1.04. The van der Waals surface area contributed by atoms with Gasteiger partial charge in [0.05, 0.1) is 12.6 Å². The van der Waals surface area contributed by atoms with Gasteiger partial charge in [-0.1, -0.05) is 26.0 Å². The molecule has 1 aromatic carbocycles. The lowest BCUT2D eigenvalue weighted by Crippen LogP contribution is -2.45. The summed E-state index contributed by atoms with van der Waals surface area (Å²) in [5.41, 5.74) is 7.02. The summed E-state index contributed by atoms with van der Waals surface area (Å²) < 4.78 is 0. The Balaban J connectivity index is 2.73. The molecule has 1 aromatic rings. The van der Waals surface area contributed by atoms with E-state index in [9.17, 15) is 9.90 Å². The van der Waals surface area contributed by atoms with Crippen LogP contribution in [-0.2, 0) is 11.3 Å². The van der Waals surface area contributed by atoms with Crippen LogP contribution < -0.4 is 5.73 Å². The summed E-state index contributed by atoms with van der Waals surface area (Å²) in [5, 5.41) is 9.17. The van der Waals surface area contributed by atoms with E-state index in [1.807, 2.05) is 44.4 Å². The van der Waals surface area contributed by atoms with E-state index >= 15 is 0 Å². The quantitative estimate of drug-likeness (QED) is 0.722. The molecule has 21 heavy (non-hydrogen) atoms. The number of amides is 1. The van der Waals surface area contributed by atoms with Gasteiger partial charge in [-0.2, -0.15) is 0 Å². The van der Waals surface area contributed by atoms with Gasteiger partial charge >= 0.3 is 0 Å². The van der Waals surface area contributed by atoms with Gasteiger partial charge in [-0.15, -0.1) is 11.8 Å². The smallest absolute Gasteiger partial charge is 0.239 e. The summed E-state index contributed by atoms with van der Waals surface area (Å²) >= 11 is 1.68. The van der Waals surface area contributed by atoms with Crippen molar-refractivity contribution in [1.82, 2.24) is 4.90 Å². The van der Waals surface area contributed by atoms with E-state index in [-0.39, 0.29) is 12.5 Å². The third-order valence-corrected chi connectivity index (χ3v) is 4.00. The van der Waals surface area contributed by atoms with E-state index < -0.39 is 6.04 Å². The molecule has 0 aliphatic carbocycles. The minimum atomic E-state index is -0.498. The van der Waals surface area contributed by atoms with E-state index in [0.717, 1.165) is 5.56 Å². The second kappa shape index (κ2) is 9.07. The molecular weight excluding hydrogens is 284 g/mol. The second-order valence-corrected chi connectivity index (χ2v) is 6.45. The van der Waals surface area contributed by atoms with Gasteiger partial charge < -0.3 is 15.7 Å². The van der Waals surface area contributed by atoms with Crippen molar-refractivity contribution in [3.8, 4) is 0 Å². The van der Waals surface area contributed by atoms with Crippen LogP contribution in [0.5, 0.6) is 0 Å². The summed E-state index contributed by atoms with van der Waals surface area (Å²) in [6.07, 6.45) is 2.69. The molecule has 0 heterocycles. The highest BCUT2D eigenvalue weighted by Gasteiger charge is 2.21. The zero-order chi connectivity index (χ0) is 15.8. The van der Waals surface area contributed by atoms with Crippen LogP contribution in [0.4, 0.5) is 0 Å². The summed E-state index contributed by atoms with van der Waals surface area (Å²) in [4.78, 5) is 15.2. The van der Waals surface area contributed by atoms with Gasteiger partial charge in [-0.25, -0.2) is 0 Å². The number of hydrogen-bond acceptors (Lipinski definition) is 4. The van der Waals surface area contributed by atoms with Crippen molar-refractivity contribution in [1.29, 1.82) is 0 Å². The van der Waals surface area contributed by atoms with E-state index in [0.29, 0.717) is 25.4 Å². The van der Waals surface area contributed by atoms with E-state index in [2.05, 4.69) is 0 Å². The third kappa shape index (κ3) is 6.08. The fourth-order valence-electron chi connectivity index (χ4n) is 2.18. The molecule has 0 saturated carbocycles. The summed E-state index contributed by atoms with van der Waals surface area (Å²) in [6, 6.07) is 7.60. The minimum Gasteiger partial charge on any atom is -0.395 e. The molecule has 0 aliphatic rings. The molecule has 0 saturated heterocycles. The summed E-state index contributed by atoms with van der Waals surface area (Å²) in [5.74, 6) is 0.285. The van der Waals surface area contributed by atoms with Gasteiger partial charge in [-0.3, -0.25) is 4.79 Å². The topological polar surface area (TPSA) is 66.6 Å². The van der Waals surface area contributed by atoms with Crippen LogP contribution in [0.3, 0.4) is 0 Å². The number of nitrogens with zero attached hydrogens (tertiary/aromatic N) is 1. The third-order valence-electron chi connectivity index (χ3n) is 3.26. The molecule has 1 amide bonds. The fraction of sp³-hybridized carbons (Fsp3) is 0.562. The highest BCUT2D eigenvalue weighted by molar-refractivity contribution is 7.98. The molecule has 5 heteroatoms. The maximum atomic E-state index is 12.4. The van der Waals surface area contributed by atoms with Crippen LogP contribution >= 0.6 is 11.8 Å². The molecule has 0 fully saturated rings. The van der Waals surface area contributed by atoms with Crippen LogP contribution in [0.1, 0.15) is 25.8 Å². The first-order valence-electron chi connectivity index (χ1n) is 7.26. The number of rotatable bonds is 8. The molecule has 0 bridgehead atoms. The molecule has 0 radical (unpaired) electrons. The number of thioether (sulfide) groups is 1. The van der Waals surface area contributed by atoms with Crippen LogP contribution in [-0.4, -0.2) is 41.4 Å². The Morgan fingerprint density at radius 1 is 1.33 bits per heavy atom. The maximum Gasteiger partial charge on any atom is 0.239 e. The predicted molar refractivity (Wildman–Crippen MR) is 88.2 cm³/mol. The van der Waals surface area contributed by atoms with Gasteiger partial charge in [0.2, 0.25) is 5.91 Å². The van der Waals surface area contributed by atoms with E-state index in [1.165, 1.54) is 4.90 Å². The Morgan fingerprint density at radius 2 is 1.95 bits per heavy atom. The molecule has 0 unspecified atom stereocenters.